The molecule has 4 fully saturated rings. The molecule has 0 spiro atoms. The molecule has 4 bridgehead atoms. The van der Waals surface area contributed by atoms with Gasteiger partial charge in [-0.2, -0.15) is 0 Å². The minimum Gasteiger partial charge on any atom is -0.459 e. The number of ether oxygens (including phenoxy) is 2. The fourth-order valence-electron chi connectivity index (χ4n) is 4.50. The van der Waals surface area contributed by atoms with Crippen molar-refractivity contribution < 1.29 is 22.1 Å². The van der Waals surface area contributed by atoms with Crippen LogP contribution in [0.25, 0.3) is 0 Å². The molecule has 4 atom stereocenters. The quantitative estimate of drug-likeness (QED) is 0.556. The van der Waals surface area contributed by atoms with Crippen molar-refractivity contribution in [2.75, 3.05) is 0 Å². The lowest BCUT2D eigenvalue weighted by atomic mass is 9.75. The van der Waals surface area contributed by atoms with E-state index in [0.29, 0.717) is 18.3 Å². The van der Waals surface area contributed by atoms with Crippen molar-refractivity contribution in [3.05, 3.63) is 0 Å². The number of hydrogen-bond donors (Lipinski definition) is 0. The predicted molar refractivity (Wildman–Crippen MR) is 68.9 cm³/mol. The third kappa shape index (κ3) is 1.88. The fraction of sp³-hybridized carbons (Fsp3) is 0.833. The first-order valence-electron chi connectivity index (χ1n) is 6.17. The normalized spacial score (nSPS) is 43.9. The lowest BCUT2D eigenvalue weighted by molar-refractivity contribution is -0.172. The molecule has 4 aliphatic rings. The summed E-state index contributed by atoms with van der Waals surface area (Å²) in [5.41, 5.74) is -0.868. The number of carbonyl (C=O) groups is 2. The van der Waals surface area contributed by atoms with Gasteiger partial charge in [-0.1, -0.05) is 0 Å². The molecule has 0 aromatic rings. The molecule has 0 aromatic heterocycles. The van der Waals surface area contributed by atoms with Gasteiger partial charge in [0.05, 0.1) is 0 Å². The van der Waals surface area contributed by atoms with Crippen LogP contribution in [0.1, 0.15) is 39.0 Å². The molecule has 5 nitrogen and oxygen atoms in total. The second kappa shape index (κ2) is 3.98. The molecule has 0 aliphatic heterocycles. The summed E-state index contributed by atoms with van der Waals surface area (Å²) in [6.07, 6.45) is 3.58. The van der Waals surface area contributed by atoms with E-state index in [0.717, 1.165) is 25.7 Å². The SMILES string of the molecule is CC(=O)OC12CC3CC(OC(=O)OI)(C[C@H]3C1)C2. The molecule has 100 valence electrons. The van der Waals surface area contributed by atoms with Crippen molar-refractivity contribution in [3.63, 3.8) is 0 Å². The maximum absolute atomic E-state index is 11.4. The van der Waals surface area contributed by atoms with Crippen LogP contribution < -0.4 is 0 Å². The first kappa shape index (κ1) is 12.5. The Labute approximate surface area is 119 Å². The first-order chi connectivity index (χ1) is 8.46. The monoisotopic (exact) mass is 366 g/mol. The lowest BCUT2D eigenvalue weighted by Crippen LogP contribution is -2.49. The predicted octanol–water partition coefficient (Wildman–Crippen LogP) is 2.75. The zero-order chi connectivity index (χ0) is 13.0. The van der Waals surface area contributed by atoms with Gasteiger partial charge in [0.1, 0.15) is 11.2 Å². The number of esters is 1. The number of halogens is 1. The average molecular weight is 366 g/mol. The van der Waals surface area contributed by atoms with E-state index in [9.17, 15) is 9.59 Å². The van der Waals surface area contributed by atoms with Gasteiger partial charge in [0, 0.05) is 13.3 Å². The highest BCUT2D eigenvalue weighted by molar-refractivity contribution is 14.1. The van der Waals surface area contributed by atoms with Crippen molar-refractivity contribution in [2.24, 2.45) is 11.8 Å². The summed E-state index contributed by atoms with van der Waals surface area (Å²) in [5.74, 6) is 0.781. The van der Waals surface area contributed by atoms with Crippen molar-refractivity contribution >= 4 is 35.1 Å². The molecule has 0 radical (unpaired) electrons. The summed E-state index contributed by atoms with van der Waals surface area (Å²) in [6, 6.07) is 0. The van der Waals surface area contributed by atoms with Crippen molar-refractivity contribution in [2.45, 2.75) is 50.2 Å². The van der Waals surface area contributed by atoms with Crippen LogP contribution in [0.4, 0.5) is 4.79 Å². The Kier molecular flexibility index (Phi) is 2.76. The Morgan fingerprint density at radius 2 is 1.56 bits per heavy atom. The molecule has 0 heterocycles. The summed E-state index contributed by atoms with van der Waals surface area (Å²) >= 11 is 1.53. The van der Waals surface area contributed by atoms with Crippen molar-refractivity contribution in [1.29, 1.82) is 0 Å². The average Bonchev–Trinajstić information content (AvgIpc) is 2.61. The van der Waals surface area contributed by atoms with Crippen molar-refractivity contribution in [1.82, 2.24) is 0 Å². The molecule has 0 aromatic carbocycles. The first-order valence-corrected chi connectivity index (χ1v) is 7.05. The Morgan fingerprint density at radius 3 is 2.00 bits per heavy atom. The maximum atomic E-state index is 11.4. The van der Waals surface area contributed by atoms with E-state index >= 15 is 0 Å². The van der Waals surface area contributed by atoms with Crippen LogP contribution in [0.3, 0.4) is 0 Å². The molecule has 3 unspecified atom stereocenters. The smallest absolute Gasteiger partial charge is 0.459 e. The van der Waals surface area contributed by atoms with E-state index in [1.54, 1.807) is 0 Å². The van der Waals surface area contributed by atoms with Crippen LogP contribution in [-0.2, 0) is 17.3 Å². The Morgan fingerprint density at radius 1 is 1.06 bits per heavy atom. The molecular formula is C12H15IO5. The highest BCUT2D eigenvalue weighted by Gasteiger charge is 2.66. The summed E-state index contributed by atoms with van der Waals surface area (Å²) in [5, 5.41) is 0. The highest BCUT2D eigenvalue weighted by atomic mass is 127. The number of rotatable bonds is 2. The van der Waals surface area contributed by atoms with Gasteiger partial charge in [-0.3, -0.25) is 4.79 Å². The molecule has 0 N–H and O–H groups in total. The van der Waals surface area contributed by atoms with Crippen molar-refractivity contribution in [3.8, 4) is 0 Å². The second-order valence-electron chi connectivity index (χ2n) is 5.90. The minimum absolute atomic E-state index is 0.247. The van der Waals surface area contributed by atoms with Crippen LogP contribution in [0.15, 0.2) is 0 Å². The van der Waals surface area contributed by atoms with E-state index in [1.165, 1.54) is 29.9 Å². The summed E-state index contributed by atoms with van der Waals surface area (Å²) in [7, 11) is 0. The van der Waals surface area contributed by atoms with Gasteiger partial charge >= 0.3 is 12.1 Å². The molecule has 4 saturated carbocycles. The van der Waals surface area contributed by atoms with E-state index < -0.39 is 17.4 Å². The van der Waals surface area contributed by atoms with Gasteiger partial charge in [0.25, 0.3) is 0 Å². The van der Waals surface area contributed by atoms with E-state index in [1.807, 2.05) is 0 Å². The topological polar surface area (TPSA) is 61.8 Å². The summed E-state index contributed by atoms with van der Waals surface area (Å²) in [4.78, 5) is 22.6. The molecule has 6 heteroatoms. The third-order valence-electron chi connectivity index (χ3n) is 4.57. The molecule has 0 saturated heterocycles. The van der Waals surface area contributed by atoms with Gasteiger partial charge < -0.3 is 12.5 Å². The van der Waals surface area contributed by atoms with Crippen LogP contribution in [0.2, 0.25) is 0 Å². The Balaban J connectivity index is 1.80. The summed E-state index contributed by atoms with van der Waals surface area (Å²) in [6.45, 7) is 1.44. The van der Waals surface area contributed by atoms with Crippen LogP contribution in [0, 0.1) is 11.8 Å². The Bertz CT molecular complexity index is 393. The van der Waals surface area contributed by atoms with Crippen LogP contribution >= 0.6 is 23.0 Å². The summed E-state index contributed by atoms with van der Waals surface area (Å²) < 4.78 is 15.6. The maximum Gasteiger partial charge on any atom is 0.518 e. The zero-order valence-electron chi connectivity index (χ0n) is 10.1. The third-order valence-corrected chi connectivity index (χ3v) is 4.93. The lowest BCUT2D eigenvalue weighted by Gasteiger charge is -2.44. The molecule has 4 rings (SSSR count). The van der Waals surface area contributed by atoms with E-state index in [2.05, 4.69) is 3.07 Å². The largest absolute Gasteiger partial charge is 0.518 e. The van der Waals surface area contributed by atoms with E-state index in [4.69, 9.17) is 9.47 Å². The van der Waals surface area contributed by atoms with Gasteiger partial charge in [0.15, 0.2) is 23.0 Å². The molecule has 0 amide bonds. The van der Waals surface area contributed by atoms with Crippen LogP contribution in [-0.4, -0.2) is 23.3 Å². The molecular weight excluding hydrogens is 351 g/mol. The molecule has 4 aliphatic carbocycles. The number of carbonyl (C=O) groups excluding carboxylic acids is 2. The Hall–Kier alpha value is -0.530. The molecule has 18 heavy (non-hydrogen) atoms. The van der Waals surface area contributed by atoms with Gasteiger partial charge in [-0.25, -0.2) is 4.79 Å². The standard InChI is InChI=1S/C12H15IO5/c1-7(14)16-11-2-8-4-12(6-11,5-9(8)3-11)17-10(15)18-13/h8-9H,2-6H2,1H3/t8-,9?,11?,12?/m1/s1. The van der Waals surface area contributed by atoms with Crippen LogP contribution in [0.5, 0.6) is 0 Å². The zero-order valence-corrected chi connectivity index (χ0v) is 12.3. The van der Waals surface area contributed by atoms with Gasteiger partial charge in [0.2, 0.25) is 0 Å². The second-order valence-corrected chi connectivity index (χ2v) is 6.34. The van der Waals surface area contributed by atoms with E-state index in [-0.39, 0.29) is 5.97 Å². The number of hydrogen-bond acceptors (Lipinski definition) is 5. The minimum atomic E-state index is -0.643. The highest BCUT2D eigenvalue weighted by Crippen LogP contribution is 2.64. The fourth-order valence-corrected chi connectivity index (χ4v) is 4.59. The van der Waals surface area contributed by atoms with Gasteiger partial charge in [-0.15, -0.1) is 0 Å². The van der Waals surface area contributed by atoms with Gasteiger partial charge in [-0.05, 0) is 37.5 Å².